The van der Waals surface area contributed by atoms with Crippen LogP contribution in [0.5, 0.6) is 0 Å². The Kier molecular flexibility index (Phi) is 87.8. The first kappa shape index (κ1) is 15.7. The molecule has 0 fully saturated rings. The van der Waals surface area contributed by atoms with E-state index in [0.29, 0.717) is 0 Å². The van der Waals surface area contributed by atoms with Gasteiger partial charge >= 0.3 is 0 Å². The van der Waals surface area contributed by atoms with Crippen LogP contribution in [0.15, 0.2) is 0 Å². The first-order chi connectivity index (χ1) is 2.41. The van der Waals surface area contributed by atoms with Gasteiger partial charge in [-0.05, 0) is 0 Å². The molecule has 0 atom stereocenters. The molecule has 0 rings (SSSR count). The van der Waals surface area contributed by atoms with E-state index in [4.69, 9.17) is 13.0 Å². The standard InChI is InChI=1S/C2H5B.CH4O.Ar/c1-2-3;1-2;/h2H2,1H3;2H,1H3;. The van der Waals surface area contributed by atoms with Crippen molar-refractivity contribution in [3.8, 4) is 0 Å². The van der Waals surface area contributed by atoms with Gasteiger partial charge in [0, 0.05) is 44.8 Å². The van der Waals surface area contributed by atoms with E-state index in [9.17, 15) is 0 Å². The summed E-state index contributed by atoms with van der Waals surface area (Å²) in [6, 6.07) is 0. The van der Waals surface area contributed by atoms with Gasteiger partial charge in [-0.2, -0.15) is 0 Å². The van der Waals surface area contributed by atoms with Crippen LogP contribution < -0.4 is 0 Å². The maximum absolute atomic E-state index is 7.00. The zero-order valence-corrected chi connectivity index (χ0v) is 4.79. The van der Waals surface area contributed by atoms with Gasteiger partial charge in [0.2, 0.25) is 0 Å². The van der Waals surface area contributed by atoms with Crippen LogP contribution in [0.1, 0.15) is 6.92 Å². The summed E-state index contributed by atoms with van der Waals surface area (Å²) >= 11 is 0. The van der Waals surface area contributed by atoms with Gasteiger partial charge in [0.05, 0.1) is 7.85 Å². The summed E-state index contributed by atoms with van der Waals surface area (Å²) in [7, 11) is 5.85. The summed E-state index contributed by atoms with van der Waals surface area (Å²) < 4.78 is 0. The summed E-state index contributed by atoms with van der Waals surface area (Å²) in [6.07, 6.45) is 0.750. The van der Waals surface area contributed by atoms with Crippen LogP contribution >= 0.6 is 0 Å². The van der Waals surface area contributed by atoms with Gasteiger partial charge in [0.15, 0.2) is 0 Å². The SMILES string of the molecule is CO.[Ar].[B]CC. The van der Waals surface area contributed by atoms with Gasteiger partial charge in [-0.25, -0.2) is 0 Å². The van der Waals surface area contributed by atoms with E-state index in [1.165, 1.54) is 0 Å². The third-order valence-electron chi connectivity index (χ3n) is 0. The summed E-state index contributed by atoms with van der Waals surface area (Å²) in [5.41, 5.74) is 0. The second kappa shape index (κ2) is 33.6. The average Bonchev–Trinajstić information content (AvgIpc) is 1.46. The van der Waals surface area contributed by atoms with Crippen molar-refractivity contribution in [1.29, 1.82) is 0 Å². The fourth-order valence-electron chi connectivity index (χ4n) is 0. The zero-order valence-electron chi connectivity index (χ0n) is 4.09. The van der Waals surface area contributed by atoms with Crippen LogP contribution in [0.4, 0.5) is 0 Å². The summed E-state index contributed by atoms with van der Waals surface area (Å²) in [5, 5.41) is 7.00. The minimum atomic E-state index is 0. The molecule has 0 bridgehead atoms. The van der Waals surface area contributed by atoms with Gasteiger partial charge in [0.25, 0.3) is 0 Å². The van der Waals surface area contributed by atoms with Crippen molar-refractivity contribution in [3.05, 3.63) is 0 Å². The molecule has 0 saturated carbocycles. The number of rotatable bonds is 0. The summed E-state index contributed by atoms with van der Waals surface area (Å²) in [4.78, 5) is 0. The average molecular weight is 112 g/mol. The van der Waals surface area contributed by atoms with Crippen molar-refractivity contribution in [2.24, 2.45) is 0 Å². The molecule has 0 aromatic rings. The van der Waals surface area contributed by atoms with Crippen molar-refractivity contribution >= 4 is 7.85 Å². The van der Waals surface area contributed by atoms with Crippen molar-refractivity contribution in [2.45, 2.75) is 13.2 Å². The Labute approximate surface area is 70.5 Å². The van der Waals surface area contributed by atoms with Crippen molar-refractivity contribution in [2.75, 3.05) is 7.11 Å². The van der Waals surface area contributed by atoms with Crippen LogP contribution in [0.2, 0.25) is 6.32 Å². The molecule has 0 spiro atoms. The topological polar surface area (TPSA) is 20.2 Å². The zero-order chi connectivity index (χ0) is 4.71. The fourth-order valence-corrected chi connectivity index (χ4v) is 0. The molecule has 6 heavy (non-hydrogen) atoms. The normalized spacial score (nSPS) is 3.83. The van der Waals surface area contributed by atoms with Crippen LogP contribution in [0.3, 0.4) is 0 Å². The maximum Gasteiger partial charge on any atom is 0.0649 e. The Balaban J connectivity index is -0.0000000275. The molecule has 1 N–H and O–H groups in total. The molecular weight excluding hydrogens is 103 g/mol. The Morgan fingerprint density at radius 1 is 1.50 bits per heavy atom. The first-order valence-corrected chi connectivity index (χ1v) is 1.56. The predicted octanol–water partition coefficient (Wildman–Crippen LogP) is 0.202. The Morgan fingerprint density at radius 2 is 1.50 bits per heavy atom. The number of hydrogen-bond acceptors (Lipinski definition) is 1. The molecule has 0 aliphatic rings. The first-order valence-electron chi connectivity index (χ1n) is 1.56. The van der Waals surface area contributed by atoms with Crippen molar-refractivity contribution in [1.82, 2.24) is 0 Å². The minimum Gasteiger partial charge on any atom is -0.400 e. The van der Waals surface area contributed by atoms with Gasteiger partial charge in [-0.15, -0.1) is 0 Å². The second-order valence-corrected chi connectivity index (χ2v) is 0.408. The number of aliphatic hydroxyl groups excluding tert-OH is 1. The van der Waals surface area contributed by atoms with Crippen molar-refractivity contribution < 1.29 is 42.8 Å². The molecule has 0 aliphatic carbocycles. The van der Waals surface area contributed by atoms with Crippen molar-refractivity contribution in [3.63, 3.8) is 0 Å². The third-order valence-corrected chi connectivity index (χ3v) is 0. The minimum absolute atomic E-state index is 0. The third kappa shape index (κ3) is 58.8. The van der Waals surface area contributed by atoms with Gasteiger partial charge < -0.3 is 5.11 Å². The smallest absolute Gasteiger partial charge is 0.0649 e. The van der Waals surface area contributed by atoms with Crippen LogP contribution in [0.25, 0.3) is 0 Å². The second-order valence-electron chi connectivity index (χ2n) is 0.408. The molecule has 0 aromatic carbocycles. The van der Waals surface area contributed by atoms with Crippen LogP contribution in [0, 0.1) is 37.7 Å². The van der Waals surface area contributed by atoms with E-state index in [2.05, 4.69) is 0 Å². The monoisotopic (exact) mass is 112 g/mol. The van der Waals surface area contributed by atoms with E-state index >= 15 is 0 Å². The number of aliphatic hydroxyl groups is 1. The molecular formula is C3H9ArBO. The van der Waals surface area contributed by atoms with E-state index in [0.717, 1.165) is 13.4 Å². The molecule has 3 heteroatoms. The van der Waals surface area contributed by atoms with Gasteiger partial charge in [-0.3, -0.25) is 0 Å². The molecule has 2 radical (unpaired) electrons. The number of hydrogen-bond donors (Lipinski definition) is 1. The van der Waals surface area contributed by atoms with E-state index in [-0.39, 0.29) is 37.7 Å². The largest absolute Gasteiger partial charge is 0.400 e. The Morgan fingerprint density at radius 3 is 1.50 bits per heavy atom. The van der Waals surface area contributed by atoms with Gasteiger partial charge in [-0.1, -0.05) is 13.2 Å². The predicted molar refractivity (Wildman–Crippen MR) is 24.4 cm³/mol. The maximum atomic E-state index is 7.00. The molecule has 0 heterocycles. The molecule has 0 saturated heterocycles. The Bertz CT molecular complexity index is 10.8. The molecule has 38 valence electrons. The molecule has 0 unspecified atom stereocenters. The Hall–Kier alpha value is 1.28. The molecule has 0 aromatic heterocycles. The van der Waals surface area contributed by atoms with E-state index in [1.807, 2.05) is 6.92 Å². The van der Waals surface area contributed by atoms with E-state index in [1.54, 1.807) is 0 Å². The van der Waals surface area contributed by atoms with Crippen LogP contribution in [-0.2, 0) is 0 Å². The van der Waals surface area contributed by atoms with Gasteiger partial charge in [0.1, 0.15) is 0 Å². The quantitative estimate of drug-likeness (QED) is 0.443. The van der Waals surface area contributed by atoms with Crippen LogP contribution in [-0.4, -0.2) is 20.1 Å². The summed E-state index contributed by atoms with van der Waals surface area (Å²) in [6.45, 7) is 1.90. The molecule has 0 amide bonds. The molecule has 0 aliphatic heterocycles. The molecule has 1 nitrogen and oxygen atoms in total. The van der Waals surface area contributed by atoms with E-state index < -0.39 is 0 Å². The summed E-state index contributed by atoms with van der Waals surface area (Å²) in [5.74, 6) is 0. The fraction of sp³-hybridized carbons (Fsp3) is 1.00.